The average Bonchev–Trinajstić information content (AvgIpc) is 2.34. The summed E-state index contributed by atoms with van der Waals surface area (Å²) in [4.78, 5) is 4.32. The van der Waals surface area contributed by atoms with Crippen molar-refractivity contribution in [3.8, 4) is 5.75 Å². The zero-order chi connectivity index (χ0) is 12.1. The van der Waals surface area contributed by atoms with E-state index < -0.39 is 0 Å². The Morgan fingerprint density at radius 2 is 1.76 bits per heavy atom. The van der Waals surface area contributed by atoms with Crippen LogP contribution in [0, 0.1) is 0 Å². The van der Waals surface area contributed by atoms with Crippen molar-refractivity contribution < 1.29 is 5.11 Å². The van der Waals surface area contributed by atoms with E-state index >= 15 is 0 Å². The number of nitrogens with zero attached hydrogens (tertiary/aromatic N) is 1. The molecule has 0 unspecified atom stereocenters. The Balaban J connectivity index is 2.03. The molecular formula is C14H14N2O. The minimum Gasteiger partial charge on any atom is -0.508 e. The molecule has 0 fully saturated rings. The smallest absolute Gasteiger partial charge is 0.115 e. The molecule has 0 saturated carbocycles. The van der Waals surface area contributed by atoms with E-state index in [4.69, 9.17) is 10.8 Å². The first-order valence-electron chi connectivity index (χ1n) is 5.38. The number of nitrogens with two attached hydrogens (primary N) is 1. The van der Waals surface area contributed by atoms with Gasteiger partial charge in [0.25, 0.3) is 0 Å². The maximum absolute atomic E-state index is 9.14. The summed E-state index contributed by atoms with van der Waals surface area (Å²) in [5, 5.41) is 9.14. The Morgan fingerprint density at radius 1 is 1.06 bits per heavy atom. The minimum atomic E-state index is 0.259. The largest absolute Gasteiger partial charge is 0.508 e. The quantitative estimate of drug-likeness (QED) is 0.624. The van der Waals surface area contributed by atoms with E-state index in [9.17, 15) is 0 Å². The molecule has 3 N–H and O–H groups in total. The van der Waals surface area contributed by atoms with Crippen LogP contribution in [0.5, 0.6) is 5.75 Å². The highest BCUT2D eigenvalue weighted by molar-refractivity contribution is 5.79. The molecule has 0 spiro atoms. The SMILES string of the molecule is Nc1ccccc1CN=Cc1ccc(O)cc1. The van der Waals surface area contributed by atoms with Gasteiger partial charge in [0, 0.05) is 11.9 Å². The fourth-order valence-electron chi connectivity index (χ4n) is 1.49. The van der Waals surface area contributed by atoms with Crippen LogP contribution >= 0.6 is 0 Å². The molecule has 0 aliphatic heterocycles. The number of phenols is 1. The van der Waals surface area contributed by atoms with Crippen molar-refractivity contribution in [3.63, 3.8) is 0 Å². The number of nitrogen functional groups attached to an aromatic ring is 1. The summed E-state index contributed by atoms with van der Waals surface area (Å²) in [6, 6.07) is 14.6. The summed E-state index contributed by atoms with van der Waals surface area (Å²) >= 11 is 0. The van der Waals surface area contributed by atoms with Gasteiger partial charge in [-0.3, -0.25) is 4.99 Å². The lowest BCUT2D eigenvalue weighted by molar-refractivity contribution is 0.475. The third kappa shape index (κ3) is 3.08. The predicted molar refractivity (Wildman–Crippen MR) is 70.3 cm³/mol. The summed E-state index contributed by atoms with van der Waals surface area (Å²) in [5.41, 5.74) is 8.54. The van der Waals surface area contributed by atoms with Crippen molar-refractivity contribution >= 4 is 11.9 Å². The Kier molecular flexibility index (Phi) is 3.40. The van der Waals surface area contributed by atoms with E-state index in [0.717, 1.165) is 16.8 Å². The molecule has 0 aliphatic carbocycles. The van der Waals surface area contributed by atoms with Crippen LogP contribution in [-0.4, -0.2) is 11.3 Å². The minimum absolute atomic E-state index is 0.259. The number of benzene rings is 2. The van der Waals surface area contributed by atoms with Gasteiger partial charge in [-0.05, 0) is 41.5 Å². The van der Waals surface area contributed by atoms with Gasteiger partial charge in [0.15, 0.2) is 0 Å². The highest BCUT2D eigenvalue weighted by atomic mass is 16.3. The van der Waals surface area contributed by atoms with E-state index in [-0.39, 0.29) is 5.75 Å². The number of phenolic OH excluding ortho intramolecular Hbond substituents is 1. The van der Waals surface area contributed by atoms with Gasteiger partial charge in [-0.2, -0.15) is 0 Å². The van der Waals surface area contributed by atoms with Crippen molar-refractivity contribution in [2.75, 3.05) is 5.73 Å². The first-order valence-corrected chi connectivity index (χ1v) is 5.38. The second-order valence-electron chi connectivity index (χ2n) is 3.76. The van der Waals surface area contributed by atoms with Crippen molar-refractivity contribution in [3.05, 3.63) is 59.7 Å². The molecular weight excluding hydrogens is 212 g/mol. The number of anilines is 1. The standard InChI is InChI=1S/C14H14N2O/c15-14-4-2-1-3-12(14)10-16-9-11-5-7-13(17)8-6-11/h1-9,17H,10,15H2. The van der Waals surface area contributed by atoms with E-state index in [0.29, 0.717) is 6.54 Å². The summed E-state index contributed by atoms with van der Waals surface area (Å²) in [6.07, 6.45) is 1.77. The van der Waals surface area contributed by atoms with Crippen LogP contribution in [0.2, 0.25) is 0 Å². The fraction of sp³-hybridized carbons (Fsp3) is 0.0714. The average molecular weight is 226 g/mol. The zero-order valence-electron chi connectivity index (χ0n) is 9.38. The van der Waals surface area contributed by atoms with Crippen LogP contribution < -0.4 is 5.73 Å². The van der Waals surface area contributed by atoms with Gasteiger partial charge in [0.05, 0.1) is 6.54 Å². The Bertz CT molecular complexity index is 518. The highest BCUT2D eigenvalue weighted by Gasteiger charge is 1.94. The van der Waals surface area contributed by atoms with Gasteiger partial charge in [-0.1, -0.05) is 18.2 Å². The molecule has 0 saturated heterocycles. The molecule has 3 nitrogen and oxygen atoms in total. The Hall–Kier alpha value is -2.29. The fourth-order valence-corrected chi connectivity index (χ4v) is 1.49. The lowest BCUT2D eigenvalue weighted by Crippen LogP contribution is -1.92. The van der Waals surface area contributed by atoms with Gasteiger partial charge >= 0.3 is 0 Å². The molecule has 0 radical (unpaired) electrons. The second-order valence-corrected chi connectivity index (χ2v) is 3.76. The van der Waals surface area contributed by atoms with Crippen LogP contribution in [0.25, 0.3) is 0 Å². The summed E-state index contributed by atoms with van der Waals surface area (Å²) < 4.78 is 0. The molecule has 0 amide bonds. The normalized spacial score (nSPS) is 10.8. The molecule has 2 aromatic rings. The Morgan fingerprint density at radius 3 is 2.47 bits per heavy atom. The van der Waals surface area contributed by atoms with Crippen LogP contribution in [0.4, 0.5) is 5.69 Å². The molecule has 0 heterocycles. The number of para-hydroxylation sites is 1. The van der Waals surface area contributed by atoms with E-state index in [1.165, 1.54) is 0 Å². The molecule has 2 rings (SSSR count). The molecule has 0 aromatic heterocycles. The van der Waals surface area contributed by atoms with Crippen LogP contribution in [0.3, 0.4) is 0 Å². The van der Waals surface area contributed by atoms with Gasteiger partial charge in [-0.15, -0.1) is 0 Å². The number of hydrogen-bond donors (Lipinski definition) is 2. The summed E-state index contributed by atoms with van der Waals surface area (Å²) in [6.45, 7) is 0.563. The van der Waals surface area contributed by atoms with Crippen LogP contribution in [-0.2, 0) is 6.54 Å². The predicted octanol–water partition coefficient (Wildman–Crippen LogP) is 2.59. The molecule has 86 valence electrons. The van der Waals surface area contributed by atoms with E-state index in [2.05, 4.69) is 4.99 Å². The molecule has 17 heavy (non-hydrogen) atoms. The number of aromatic hydroxyl groups is 1. The number of aliphatic imine (C=N–C) groups is 1. The van der Waals surface area contributed by atoms with Gasteiger partial charge < -0.3 is 10.8 Å². The first-order chi connectivity index (χ1) is 8.25. The lowest BCUT2D eigenvalue weighted by atomic mass is 10.2. The highest BCUT2D eigenvalue weighted by Crippen LogP contribution is 2.12. The topological polar surface area (TPSA) is 58.6 Å². The van der Waals surface area contributed by atoms with E-state index in [1.807, 2.05) is 36.4 Å². The van der Waals surface area contributed by atoms with Gasteiger partial charge in [-0.25, -0.2) is 0 Å². The van der Waals surface area contributed by atoms with Gasteiger partial charge in [0.2, 0.25) is 0 Å². The van der Waals surface area contributed by atoms with Crippen molar-refractivity contribution in [1.82, 2.24) is 0 Å². The Labute approximate surface area is 100 Å². The summed E-state index contributed by atoms with van der Waals surface area (Å²) in [5.74, 6) is 0.259. The van der Waals surface area contributed by atoms with E-state index in [1.54, 1.807) is 18.3 Å². The zero-order valence-corrected chi connectivity index (χ0v) is 9.38. The second kappa shape index (κ2) is 5.16. The number of rotatable bonds is 3. The lowest BCUT2D eigenvalue weighted by Gasteiger charge is -2.00. The third-order valence-electron chi connectivity index (χ3n) is 2.45. The van der Waals surface area contributed by atoms with Crippen LogP contribution in [0.1, 0.15) is 11.1 Å². The molecule has 0 aliphatic rings. The third-order valence-corrected chi connectivity index (χ3v) is 2.45. The molecule has 0 bridgehead atoms. The van der Waals surface area contributed by atoms with Crippen LogP contribution in [0.15, 0.2) is 53.5 Å². The maximum atomic E-state index is 9.14. The maximum Gasteiger partial charge on any atom is 0.115 e. The number of hydrogen-bond acceptors (Lipinski definition) is 3. The first kappa shape index (κ1) is 11.2. The molecule has 0 atom stereocenters. The van der Waals surface area contributed by atoms with Crippen molar-refractivity contribution in [2.45, 2.75) is 6.54 Å². The molecule has 2 aromatic carbocycles. The monoisotopic (exact) mass is 226 g/mol. The summed E-state index contributed by atoms with van der Waals surface area (Å²) in [7, 11) is 0. The molecule has 3 heteroatoms. The van der Waals surface area contributed by atoms with Gasteiger partial charge in [0.1, 0.15) is 5.75 Å². The van der Waals surface area contributed by atoms with Crippen molar-refractivity contribution in [2.24, 2.45) is 4.99 Å². The van der Waals surface area contributed by atoms with Crippen molar-refractivity contribution in [1.29, 1.82) is 0 Å².